The Balaban J connectivity index is 0.00000147. The third-order valence-corrected chi connectivity index (χ3v) is 7.16. The molecule has 1 aromatic rings. The normalized spacial score (nSPS) is 26.9. The average Bonchev–Trinajstić information content (AvgIpc) is 2.95. The lowest BCUT2D eigenvalue weighted by Gasteiger charge is -2.23. The Morgan fingerprint density at radius 1 is 1.35 bits per heavy atom. The Morgan fingerprint density at radius 2 is 2.10 bits per heavy atom. The molecule has 0 spiro atoms. The number of nitrogens with one attached hydrogen (secondary N) is 1. The quantitative estimate of drug-likeness (QED) is 0.911. The third kappa shape index (κ3) is 2.82. The molecule has 114 valence electrons. The van der Waals surface area contributed by atoms with Crippen LogP contribution in [-0.2, 0) is 10.0 Å². The Labute approximate surface area is 129 Å². The van der Waals surface area contributed by atoms with Crippen LogP contribution in [0.1, 0.15) is 19.3 Å². The number of hydrogen-bond acceptors (Lipinski definition) is 5. The molecule has 1 aromatic heterocycles. The summed E-state index contributed by atoms with van der Waals surface area (Å²) in [5.74, 6) is 0.451. The van der Waals surface area contributed by atoms with Crippen molar-refractivity contribution in [2.24, 2.45) is 0 Å². The van der Waals surface area contributed by atoms with Gasteiger partial charge >= 0.3 is 0 Å². The second-order valence-corrected chi connectivity index (χ2v) is 8.12. The van der Waals surface area contributed by atoms with Gasteiger partial charge in [0.15, 0.2) is 4.21 Å². The van der Waals surface area contributed by atoms with E-state index in [9.17, 15) is 8.42 Å². The van der Waals surface area contributed by atoms with Crippen molar-refractivity contribution in [2.45, 2.75) is 35.6 Å². The second-order valence-electron chi connectivity index (χ2n) is 5.07. The summed E-state index contributed by atoms with van der Waals surface area (Å²) in [4.78, 5) is 0. The summed E-state index contributed by atoms with van der Waals surface area (Å²) in [5, 5.41) is 5.25. The fourth-order valence-corrected chi connectivity index (χ4v) is 5.78. The first-order valence-corrected chi connectivity index (χ1v) is 8.81. The van der Waals surface area contributed by atoms with Gasteiger partial charge < -0.3 is 10.1 Å². The molecule has 0 amide bonds. The van der Waals surface area contributed by atoms with Crippen molar-refractivity contribution in [1.29, 1.82) is 0 Å². The number of thiophene rings is 1. The van der Waals surface area contributed by atoms with Crippen LogP contribution in [0, 0.1) is 0 Å². The lowest BCUT2D eigenvalue weighted by atomic mass is 10.1. The van der Waals surface area contributed by atoms with E-state index in [-0.39, 0.29) is 12.4 Å². The molecule has 0 aliphatic carbocycles. The molecule has 2 bridgehead atoms. The van der Waals surface area contributed by atoms with Gasteiger partial charge in [0.1, 0.15) is 5.75 Å². The van der Waals surface area contributed by atoms with E-state index in [0.717, 1.165) is 12.8 Å². The van der Waals surface area contributed by atoms with Gasteiger partial charge in [-0.2, -0.15) is 4.31 Å². The summed E-state index contributed by atoms with van der Waals surface area (Å²) < 4.78 is 32.5. The minimum Gasteiger partial charge on any atom is -0.494 e. The lowest BCUT2D eigenvalue weighted by Crippen LogP contribution is -2.38. The standard InChI is InChI=1S/C12H18N2O3S2.ClH/c1-17-11-5-7-18-12(11)19(15,16)14-6-4-9-2-3-10(8-14)13-9;/h5,7,9-10,13H,2-4,6,8H2,1H3;1H. The third-order valence-electron chi connectivity index (χ3n) is 3.88. The Hall–Kier alpha value is -0.340. The van der Waals surface area contributed by atoms with Crippen LogP contribution in [-0.4, -0.2) is 45.0 Å². The van der Waals surface area contributed by atoms with E-state index < -0.39 is 10.0 Å². The summed E-state index contributed by atoms with van der Waals surface area (Å²) in [6.45, 7) is 1.16. The molecule has 2 unspecified atom stereocenters. The molecule has 2 saturated heterocycles. The molecule has 1 N–H and O–H groups in total. The zero-order chi connectivity index (χ0) is 13.5. The molecule has 0 radical (unpaired) electrons. The van der Waals surface area contributed by atoms with E-state index in [1.54, 1.807) is 15.8 Å². The van der Waals surface area contributed by atoms with Crippen molar-refractivity contribution in [2.75, 3.05) is 20.2 Å². The smallest absolute Gasteiger partial charge is 0.256 e. The first-order valence-electron chi connectivity index (χ1n) is 6.49. The number of sulfonamides is 1. The van der Waals surface area contributed by atoms with Crippen molar-refractivity contribution >= 4 is 33.8 Å². The number of fused-ring (bicyclic) bond motifs is 2. The maximum absolute atomic E-state index is 12.7. The molecule has 2 aliphatic heterocycles. The van der Waals surface area contributed by atoms with E-state index in [4.69, 9.17) is 4.74 Å². The monoisotopic (exact) mass is 338 g/mol. The van der Waals surface area contributed by atoms with Crippen molar-refractivity contribution < 1.29 is 13.2 Å². The topological polar surface area (TPSA) is 58.6 Å². The number of nitrogens with zero attached hydrogens (tertiary/aromatic N) is 1. The lowest BCUT2D eigenvalue weighted by molar-refractivity contribution is 0.376. The molecular formula is C12H19ClN2O3S2. The number of methoxy groups -OCH3 is 1. The minimum atomic E-state index is -3.42. The van der Waals surface area contributed by atoms with Crippen molar-refractivity contribution in [1.82, 2.24) is 9.62 Å². The van der Waals surface area contributed by atoms with Gasteiger partial charge in [-0.15, -0.1) is 23.7 Å². The molecule has 3 rings (SSSR count). The van der Waals surface area contributed by atoms with E-state index in [1.165, 1.54) is 24.9 Å². The van der Waals surface area contributed by atoms with E-state index in [2.05, 4.69) is 5.32 Å². The number of hydrogen-bond donors (Lipinski definition) is 1. The molecule has 8 heteroatoms. The van der Waals surface area contributed by atoms with Crippen LogP contribution in [0.2, 0.25) is 0 Å². The number of halogens is 1. The van der Waals surface area contributed by atoms with Crippen molar-refractivity contribution in [3.8, 4) is 5.75 Å². The second kappa shape index (κ2) is 6.19. The molecule has 0 aromatic carbocycles. The Kier molecular flexibility index (Phi) is 4.96. The van der Waals surface area contributed by atoms with Gasteiger partial charge in [0, 0.05) is 25.2 Å². The highest BCUT2D eigenvalue weighted by Crippen LogP contribution is 2.33. The molecular weight excluding hydrogens is 320 g/mol. The van der Waals surface area contributed by atoms with Crippen LogP contribution in [0.5, 0.6) is 5.75 Å². The van der Waals surface area contributed by atoms with Gasteiger partial charge in [0.2, 0.25) is 0 Å². The Bertz CT molecular complexity index is 561. The van der Waals surface area contributed by atoms with E-state index in [0.29, 0.717) is 35.1 Å². The highest BCUT2D eigenvalue weighted by molar-refractivity contribution is 7.91. The van der Waals surface area contributed by atoms with Gasteiger partial charge in [-0.25, -0.2) is 8.42 Å². The van der Waals surface area contributed by atoms with Crippen molar-refractivity contribution in [3.05, 3.63) is 11.4 Å². The van der Waals surface area contributed by atoms with Gasteiger partial charge in [0.25, 0.3) is 10.0 Å². The predicted octanol–water partition coefficient (Wildman–Crippen LogP) is 1.69. The molecule has 2 fully saturated rings. The van der Waals surface area contributed by atoms with E-state index >= 15 is 0 Å². The van der Waals surface area contributed by atoms with Gasteiger partial charge in [0.05, 0.1) is 7.11 Å². The molecule has 2 aliphatic rings. The van der Waals surface area contributed by atoms with E-state index in [1.807, 2.05) is 0 Å². The summed E-state index contributed by atoms with van der Waals surface area (Å²) in [6, 6.07) is 2.49. The zero-order valence-electron chi connectivity index (χ0n) is 11.2. The molecule has 2 atom stereocenters. The maximum atomic E-state index is 12.7. The molecule has 0 saturated carbocycles. The first kappa shape index (κ1) is 16.0. The van der Waals surface area contributed by atoms with Crippen LogP contribution >= 0.6 is 23.7 Å². The number of rotatable bonds is 3. The SMILES string of the molecule is COc1ccsc1S(=O)(=O)N1CCC2CCC(C1)N2.Cl. The van der Waals surface area contributed by atoms with Gasteiger partial charge in [-0.1, -0.05) is 0 Å². The predicted molar refractivity (Wildman–Crippen MR) is 81.4 cm³/mol. The fourth-order valence-electron chi connectivity index (χ4n) is 2.87. The summed E-state index contributed by atoms with van der Waals surface area (Å²) in [6.07, 6.45) is 3.13. The van der Waals surface area contributed by atoms with Crippen LogP contribution in [0.4, 0.5) is 0 Å². The summed E-state index contributed by atoms with van der Waals surface area (Å²) in [7, 11) is -1.91. The molecule has 20 heavy (non-hydrogen) atoms. The van der Waals surface area contributed by atoms with Crippen LogP contribution < -0.4 is 10.1 Å². The van der Waals surface area contributed by atoms with Crippen LogP contribution in [0.25, 0.3) is 0 Å². The molecule has 3 heterocycles. The maximum Gasteiger partial charge on any atom is 0.256 e. The van der Waals surface area contributed by atoms with Crippen LogP contribution in [0.3, 0.4) is 0 Å². The van der Waals surface area contributed by atoms with Crippen LogP contribution in [0.15, 0.2) is 15.7 Å². The van der Waals surface area contributed by atoms with Gasteiger partial charge in [-0.05, 0) is 30.7 Å². The Morgan fingerprint density at radius 3 is 2.85 bits per heavy atom. The molecule has 5 nitrogen and oxygen atoms in total. The minimum absolute atomic E-state index is 0. The fraction of sp³-hybridized carbons (Fsp3) is 0.667. The highest BCUT2D eigenvalue weighted by atomic mass is 35.5. The zero-order valence-corrected chi connectivity index (χ0v) is 13.7. The number of ether oxygens (including phenoxy) is 1. The highest BCUT2D eigenvalue weighted by Gasteiger charge is 2.36. The van der Waals surface area contributed by atoms with Crippen molar-refractivity contribution in [3.63, 3.8) is 0 Å². The summed E-state index contributed by atoms with van der Waals surface area (Å²) >= 11 is 1.23. The average molecular weight is 339 g/mol. The largest absolute Gasteiger partial charge is 0.494 e. The first-order chi connectivity index (χ1) is 9.11. The summed E-state index contributed by atoms with van der Waals surface area (Å²) in [5.41, 5.74) is 0. The van der Waals surface area contributed by atoms with Gasteiger partial charge in [-0.3, -0.25) is 0 Å².